The van der Waals surface area contributed by atoms with E-state index < -0.39 is 0 Å². The third-order valence-corrected chi connectivity index (χ3v) is 6.28. The van der Waals surface area contributed by atoms with Gasteiger partial charge in [0.1, 0.15) is 0 Å². The molecule has 1 aromatic rings. The highest BCUT2D eigenvalue weighted by molar-refractivity contribution is 6.30. The van der Waals surface area contributed by atoms with E-state index in [1.807, 2.05) is 18.2 Å². The third-order valence-electron chi connectivity index (χ3n) is 6.05. The zero-order valence-electron chi connectivity index (χ0n) is 14.9. The third kappa shape index (κ3) is 3.48. The molecule has 1 atom stereocenters. The highest BCUT2D eigenvalue weighted by Crippen LogP contribution is 2.44. The monoisotopic (exact) mass is 348 g/mol. The van der Waals surface area contributed by atoms with Gasteiger partial charge in [-0.05, 0) is 48.8 Å². The Hall–Kier alpha value is -1.06. The zero-order valence-corrected chi connectivity index (χ0v) is 15.6. The number of hydrogen-bond donors (Lipinski definition) is 1. The summed E-state index contributed by atoms with van der Waals surface area (Å²) in [6.45, 7) is 5.91. The molecule has 3 rings (SSSR count). The van der Waals surface area contributed by atoms with E-state index in [2.05, 4.69) is 24.8 Å². The van der Waals surface area contributed by atoms with Crippen LogP contribution in [0.15, 0.2) is 24.3 Å². The first-order valence-corrected chi connectivity index (χ1v) is 9.50. The molecule has 0 spiro atoms. The van der Waals surface area contributed by atoms with Crippen molar-refractivity contribution in [3.05, 3.63) is 34.9 Å². The predicted molar refractivity (Wildman–Crippen MR) is 99.0 cm³/mol. The lowest BCUT2D eigenvalue weighted by Crippen LogP contribution is -2.56. The summed E-state index contributed by atoms with van der Waals surface area (Å²) in [6, 6.07) is 8.14. The fraction of sp³-hybridized carbons (Fsp3) is 0.650. The van der Waals surface area contributed by atoms with Gasteiger partial charge >= 0.3 is 0 Å². The molecule has 1 unspecified atom stereocenters. The Kier molecular flexibility index (Phi) is 4.94. The van der Waals surface area contributed by atoms with Crippen LogP contribution >= 0.6 is 11.6 Å². The van der Waals surface area contributed by atoms with Crippen LogP contribution in [0.1, 0.15) is 51.5 Å². The number of rotatable bonds is 3. The summed E-state index contributed by atoms with van der Waals surface area (Å²) in [5.74, 6) is 0.333. The molecule has 3 nitrogen and oxygen atoms in total. The molecule has 0 bridgehead atoms. The average molecular weight is 349 g/mol. The maximum atomic E-state index is 13.5. The topological polar surface area (TPSA) is 46.3 Å². The Balaban J connectivity index is 1.81. The van der Waals surface area contributed by atoms with Gasteiger partial charge in [0.2, 0.25) is 5.91 Å². The van der Waals surface area contributed by atoms with Crippen molar-refractivity contribution < 1.29 is 4.79 Å². The Morgan fingerprint density at radius 3 is 2.67 bits per heavy atom. The van der Waals surface area contributed by atoms with Crippen LogP contribution in [-0.2, 0) is 11.2 Å². The van der Waals surface area contributed by atoms with Gasteiger partial charge in [-0.3, -0.25) is 4.79 Å². The maximum Gasteiger partial charge on any atom is 0.229 e. The first-order chi connectivity index (χ1) is 11.3. The van der Waals surface area contributed by atoms with Crippen LogP contribution in [-0.4, -0.2) is 29.9 Å². The fourth-order valence-electron chi connectivity index (χ4n) is 4.44. The first-order valence-electron chi connectivity index (χ1n) is 9.12. The van der Waals surface area contributed by atoms with Crippen molar-refractivity contribution in [2.75, 3.05) is 13.1 Å². The van der Waals surface area contributed by atoms with Crippen molar-refractivity contribution in [2.45, 2.75) is 58.4 Å². The van der Waals surface area contributed by atoms with Gasteiger partial charge in [-0.25, -0.2) is 0 Å². The van der Waals surface area contributed by atoms with Gasteiger partial charge in [-0.1, -0.05) is 50.4 Å². The second-order valence-corrected chi connectivity index (χ2v) is 8.84. The van der Waals surface area contributed by atoms with E-state index in [0.717, 1.165) is 56.6 Å². The fourth-order valence-corrected chi connectivity index (χ4v) is 4.65. The number of halogens is 1. The minimum absolute atomic E-state index is 0.0102. The van der Waals surface area contributed by atoms with Gasteiger partial charge in [0.15, 0.2) is 0 Å². The molecule has 1 saturated carbocycles. The molecule has 1 aromatic carbocycles. The summed E-state index contributed by atoms with van der Waals surface area (Å²) in [5.41, 5.74) is 7.16. The molecule has 132 valence electrons. The molecule has 4 heteroatoms. The van der Waals surface area contributed by atoms with Crippen molar-refractivity contribution >= 4 is 17.5 Å². The van der Waals surface area contributed by atoms with E-state index in [0.29, 0.717) is 5.91 Å². The molecular weight excluding hydrogens is 320 g/mol. The van der Waals surface area contributed by atoms with E-state index in [-0.39, 0.29) is 16.9 Å². The van der Waals surface area contributed by atoms with E-state index in [1.54, 1.807) is 0 Å². The summed E-state index contributed by atoms with van der Waals surface area (Å²) in [7, 11) is 0. The van der Waals surface area contributed by atoms with E-state index in [4.69, 9.17) is 17.3 Å². The highest BCUT2D eigenvalue weighted by atomic mass is 35.5. The number of nitrogens with zero attached hydrogens (tertiary/aromatic N) is 1. The van der Waals surface area contributed by atoms with Crippen molar-refractivity contribution in [1.29, 1.82) is 0 Å². The van der Waals surface area contributed by atoms with E-state index in [9.17, 15) is 4.79 Å². The smallest absolute Gasteiger partial charge is 0.229 e. The normalized spacial score (nSPS) is 25.7. The van der Waals surface area contributed by atoms with Crippen LogP contribution in [0.25, 0.3) is 0 Å². The number of amides is 1. The Bertz CT molecular complexity index is 607. The lowest BCUT2D eigenvalue weighted by Gasteiger charge is -2.45. The van der Waals surface area contributed by atoms with E-state index in [1.165, 1.54) is 5.56 Å². The largest absolute Gasteiger partial charge is 0.342 e. The number of carbonyl (C=O) groups excluding carboxylic acids is 1. The lowest BCUT2D eigenvalue weighted by molar-refractivity contribution is -0.145. The average Bonchev–Trinajstić information content (AvgIpc) is 2.99. The van der Waals surface area contributed by atoms with E-state index >= 15 is 0 Å². The van der Waals surface area contributed by atoms with Gasteiger partial charge < -0.3 is 10.6 Å². The van der Waals surface area contributed by atoms with Gasteiger partial charge in [0.25, 0.3) is 0 Å². The number of piperidine rings is 1. The summed E-state index contributed by atoms with van der Waals surface area (Å²) in [4.78, 5) is 15.5. The van der Waals surface area contributed by atoms with Crippen LogP contribution in [0.5, 0.6) is 0 Å². The molecule has 1 saturated heterocycles. The minimum Gasteiger partial charge on any atom is -0.342 e. The summed E-state index contributed by atoms with van der Waals surface area (Å²) >= 11 is 6.15. The van der Waals surface area contributed by atoms with Crippen molar-refractivity contribution in [2.24, 2.45) is 16.6 Å². The van der Waals surface area contributed by atoms with Gasteiger partial charge in [0.05, 0.1) is 5.41 Å². The predicted octanol–water partition coefficient (Wildman–Crippen LogP) is 4.03. The molecule has 2 aliphatic rings. The Labute approximate surface area is 150 Å². The maximum absolute atomic E-state index is 13.5. The molecule has 2 fully saturated rings. The number of likely N-dealkylation sites (tertiary alicyclic amines) is 1. The van der Waals surface area contributed by atoms with Crippen LogP contribution in [0.4, 0.5) is 0 Å². The summed E-state index contributed by atoms with van der Waals surface area (Å²) in [5, 5.41) is 0.748. The molecule has 0 aromatic heterocycles. The minimum atomic E-state index is -0.248. The Morgan fingerprint density at radius 2 is 2.04 bits per heavy atom. The molecule has 24 heavy (non-hydrogen) atoms. The number of hydrogen-bond acceptors (Lipinski definition) is 2. The second kappa shape index (κ2) is 6.68. The zero-order chi connectivity index (χ0) is 17.4. The van der Waals surface area contributed by atoms with Crippen molar-refractivity contribution in [3.8, 4) is 0 Å². The molecular formula is C20H29ClN2O. The van der Waals surface area contributed by atoms with Gasteiger partial charge in [-0.15, -0.1) is 0 Å². The van der Waals surface area contributed by atoms with Crippen LogP contribution < -0.4 is 5.73 Å². The second-order valence-electron chi connectivity index (χ2n) is 8.40. The summed E-state index contributed by atoms with van der Waals surface area (Å²) in [6.07, 6.45) is 5.95. The molecule has 0 radical (unpaired) electrons. The van der Waals surface area contributed by atoms with Crippen molar-refractivity contribution in [1.82, 2.24) is 4.90 Å². The van der Waals surface area contributed by atoms with Crippen LogP contribution in [0.2, 0.25) is 5.02 Å². The SMILES string of the molecule is CC1(C)CN(C(=O)C2(Cc3cccc(Cl)c3)CCCC2)CCC1N. The molecule has 1 aliphatic heterocycles. The van der Waals surface area contributed by atoms with Gasteiger partial charge in [-0.2, -0.15) is 0 Å². The van der Waals surface area contributed by atoms with Crippen molar-refractivity contribution in [3.63, 3.8) is 0 Å². The summed E-state index contributed by atoms with van der Waals surface area (Å²) < 4.78 is 0. The number of carbonyl (C=O) groups is 1. The number of nitrogens with two attached hydrogens (primary N) is 1. The highest BCUT2D eigenvalue weighted by Gasteiger charge is 2.46. The van der Waals surface area contributed by atoms with Gasteiger partial charge in [0, 0.05) is 24.2 Å². The molecule has 2 N–H and O–H groups in total. The lowest BCUT2D eigenvalue weighted by atomic mass is 9.75. The molecule has 1 heterocycles. The first kappa shape index (κ1) is 17.8. The standard InChI is InChI=1S/C20H29ClN2O/c1-19(2)14-23(11-8-17(19)22)18(24)20(9-3-4-10-20)13-15-6-5-7-16(21)12-15/h5-7,12,17H,3-4,8-11,13-14,22H2,1-2H3. The quantitative estimate of drug-likeness (QED) is 0.896. The molecule has 1 amide bonds. The van der Waals surface area contributed by atoms with Crippen LogP contribution in [0.3, 0.4) is 0 Å². The number of benzene rings is 1. The Morgan fingerprint density at radius 1 is 1.33 bits per heavy atom. The molecule has 1 aliphatic carbocycles. The van der Waals surface area contributed by atoms with Crippen LogP contribution in [0, 0.1) is 10.8 Å².